The van der Waals surface area contributed by atoms with Crippen LogP contribution >= 0.6 is 11.3 Å². The number of hydrogen-bond donors (Lipinski definition) is 1. The molecule has 1 aliphatic rings. The fourth-order valence-corrected chi connectivity index (χ4v) is 5.49. The Bertz CT molecular complexity index is 1310. The summed E-state index contributed by atoms with van der Waals surface area (Å²) >= 11 is 1.72. The summed E-state index contributed by atoms with van der Waals surface area (Å²) < 4.78 is 11.8. The van der Waals surface area contributed by atoms with Gasteiger partial charge in [0.2, 0.25) is 5.95 Å². The number of rotatable bonds is 10. The largest absolute Gasteiger partial charge is 0.492 e. The smallest absolute Gasteiger partial charge is 0.227 e. The van der Waals surface area contributed by atoms with Gasteiger partial charge in [0.15, 0.2) is 0 Å². The Labute approximate surface area is 223 Å². The highest BCUT2D eigenvalue weighted by Gasteiger charge is 2.13. The van der Waals surface area contributed by atoms with Crippen LogP contribution in [0.4, 0.5) is 11.6 Å². The van der Waals surface area contributed by atoms with Crippen molar-refractivity contribution in [3.05, 3.63) is 72.4 Å². The first-order valence-corrected chi connectivity index (χ1v) is 13.8. The number of thiophene rings is 1. The Hall–Kier alpha value is -3.42. The molecule has 0 saturated carbocycles. The summed E-state index contributed by atoms with van der Waals surface area (Å²) in [6.07, 6.45) is 4.63. The van der Waals surface area contributed by atoms with Crippen LogP contribution in [0, 0.1) is 6.92 Å². The summed E-state index contributed by atoms with van der Waals surface area (Å²) in [5.74, 6) is 2.34. The second-order valence-corrected chi connectivity index (χ2v) is 10.7. The highest BCUT2D eigenvalue weighted by molar-refractivity contribution is 7.18. The number of aromatic nitrogens is 2. The van der Waals surface area contributed by atoms with Crippen molar-refractivity contribution < 1.29 is 9.47 Å². The third kappa shape index (κ3) is 6.67. The van der Waals surface area contributed by atoms with Gasteiger partial charge in [0.1, 0.15) is 18.1 Å². The van der Waals surface area contributed by atoms with Gasteiger partial charge in [-0.1, -0.05) is 12.1 Å². The van der Waals surface area contributed by atoms with Crippen LogP contribution in [-0.4, -0.2) is 47.2 Å². The molecule has 1 saturated heterocycles. The van der Waals surface area contributed by atoms with Crippen LogP contribution in [0.2, 0.25) is 0 Å². The number of aryl methyl sites for hydroxylation is 1. The number of nitrogens with zero attached hydrogens (tertiary/aromatic N) is 3. The van der Waals surface area contributed by atoms with E-state index in [0.29, 0.717) is 5.95 Å². The molecule has 37 heavy (non-hydrogen) atoms. The molecule has 1 aliphatic heterocycles. The number of ether oxygens (including phenoxy) is 2. The first-order valence-electron chi connectivity index (χ1n) is 13.0. The van der Waals surface area contributed by atoms with Gasteiger partial charge in [-0.05, 0) is 106 Å². The van der Waals surface area contributed by atoms with Gasteiger partial charge in [-0.2, -0.15) is 0 Å². The van der Waals surface area contributed by atoms with Crippen molar-refractivity contribution in [3.8, 4) is 32.5 Å². The zero-order valence-corrected chi connectivity index (χ0v) is 22.6. The van der Waals surface area contributed by atoms with Crippen LogP contribution in [0.15, 0.2) is 66.9 Å². The standard InChI is InChI=1S/C30H34N4O2S/c1-21(2)36-26-8-6-7-23(19-26)27-13-14-28(37-27)29-22(3)20-31-30(33-29)32-24-9-11-25(12-10-24)35-18-17-34-15-4-5-16-34/h6-14,19-21H,4-5,15-18H2,1-3H3,(H,31,32,33). The second kappa shape index (κ2) is 11.8. The minimum absolute atomic E-state index is 0.146. The lowest BCUT2D eigenvalue weighted by molar-refractivity contribution is 0.238. The highest BCUT2D eigenvalue weighted by Crippen LogP contribution is 2.36. The Morgan fingerprint density at radius 2 is 1.76 bits per heavy atom. The lowest BCUT2D eigenvalue weighted by Gasteiger charge is -2.15. The van der Waals surface area contributed by atoms with Crippen molar-refractivity contribution in [2.24, 2.45) is 0 Å². The number of anilines is 2. The Kier molecular flexibility index (Phi) is 8.02. The molecule has 7 heteroatoms. The van der Waals surface area contributed by atoms with E-state index in [1.807, 2.05) is 63.4 Å². The van der Waals surface area contributed by atoms with Crippen LogP contribution < -0.4 is 14.8 Å². The van der Waals surface area contributed by atoms with Crippen LogP contribution in [0.25, 0.3) is 21.0 Å². The normalized spacial score (nSPS) is 13.7. The number of benzene rings is 2. The Morgan fingerprint density at radius 1 is 0.973 bits per heavy atom. The molecule has 0 atom stereocenters. The van der Waals surface area contributed by atoms with Crippen LogP contribution in [0.5, 0.6) is 11.5 Å². The summed E-state index contributed by atoms with van der Waals surface area (Å²) in [7, 11) is 0. The predicted octanol–water partition coefficient (Wildman–Crippen LogP) is 7.19. The van der Waals surface area contributed by atoms with Crippen molar-refractivity contribution in [2.75, 3.05) is 31.6 Å². The molecule has 0 amide bonds. The molecule has 4 aromatic rings. The van der Waals surface area contributed by atoms with Gasteiger partial charge in [0.25, 0.3) is 0 Å². The minimum atomic E-state index is 0.146. The van der Waals surface area contributed by atoms with Gasteiger partial charge in [-0.3, -0.25) is 4.90 Å². The summed E-state index contributed by atoms with van der Waals surface area (Å²) in [4.78, 5) is 14.1. The van der Waals surface area contributed by atoms with Crippen molar-refractivity contribution in [3.63, 3.8) is 0 Å². The van der Waals surface area contributed by atoms with Gasteiger partial charge in [0.05, 0.1) is 16.7 Å². The lowest BCUT2D eigenvalue weighted by atomic mass is 10.1. The molecular weight excluding hydrogens is 480 g/mol. The maximum atomic E-state index is 5.92. The average molecular weight is 515 g/mol. The van der Waals surface area contributed by atoms with Gasteiger partial charge >= 0.3 is 0 Å². The van der Waals surface area contributed by atoms with E-state index >= 15 is 0 Å². The van der Waals surface area contributed by atoms with E-state index in [-0.39, 0.29) is 6.10 Å². The third-order valence-corrected chi connectivity index (χ3v) is 7.43. The van der Waals surface area contributed by atoms with Crippen molar-refractivity contribution >= 4 is 23.0 Å². The van der Waals surface area contributed by atoms with E-state index in [1.165, 1.54) is 30.8 Å². The Balaban J connectivity index is 1.25. The first kappa shape index (κ1) is 25.2. The fourth-order valence-electron chi connectivity index (χ4n) is 4.43. The monoisotopic (exact) mass is 514 g/mol. The van der Waals surface area contributed by atoms with E-state index in [9.17, 15) is 0 Å². The van der Waals surface area contributed by atoms with Gasteiger partial charge in [-0.25, -0.2) is 9.97 Å². The minimum Gasteiger partial charge on any atom is -0.492 e. The zero-order chi connectivity index (χ0) is 25.6. The predicted molar refractivity (Wildman–Crippen MR) is 152 cm³/mol. The number of nitrogens with one attached hydrogen (secondary N) is 1. The summed E-state index contributed by atoms with van der Waals surface area (Å²) in [6, 6.07) is 20.5. The molecule has 0 unspecified atom stereocenters. The fraction of sp³-hybridized carbons (Fsp3) is 0.333. The molecular formula is C30H34N4O2S. The summed E-state index contributed by atoms with van der Waals surface area (Å²) in [6.45, 7) is 10.2. The maximum absolute atomic E-state index is 5.92. The molecule has 0 aliphatic carbocycles. The molecule has 0 bridgehead atoms. The Morgan fingerprint density at radius 3 is 2.54 bits per heavy atom. The van der Waals surface area contributed by atoms with Gasteiger partial charge < -0.3 is 14.8 Å². The second-order valence-electron chi connectivity index (χ2n) is 9.63. The van der Waals surface area contributed by atoms with Gasteiger partial charge in [-0.15, -0.1) is 11.3 Å². The summed E-state index contributed by atoms with van der Waals surface area (Å²) in [5.41, 5.74) is 4.04. The summed E-state index contributed by atoms with van der Waals surface area (Å²) in [5, 5.41) is 3.34. The van der Waals surface area contributed by atoms with Crippen molar-refractivity contribution in [1.29, 1.82) is 0 Å². The van der Waals surface area contributed by atoms with Crippen molar-refractivity contribution in [1.82, 2.24) is 14.9 Å². The van der Waals surface area contributed by atoms with E-state index < -0.39 is 0 Å². The molecule has 6 nitrogen and oxygen atoms in total. The molecule has 2 aromatic heterocycles. The molecule has 1 fully saturated rings. The number of hydrogen-bond acceptors (Lipinski definition) is 7. The third-order valence-electron chi connectivity index (χ3n) is 6.29. The topological polar surface area (TPSA) is 59.5 Å². The molecule has 0 radical (unpaired) electrons. The zero-order valence-electron chi connectivity index (χ0n) is 21.7. The quantitative estimate of drug-likeness (QED) is 0.242. The van der Waals surface area contributed by atoms with Crippen LogP contribution in [0.3, 0.4) is 0 Å². The first-order chi connectivity index (χ1) is 18.0. The van der Waals surface area contributed by atoms with E-state index in [1.54, 1.807) is 11.3 Å². The van der Waals surface area contributed by atoms with Crippen molar-refractivity contribution in [2.45, 2.75) is 39.7 Å². The maximum Gasteiger partial charge on any atom is 0.227 e. The number of likely N-dealkylation sites (tertiary alicyclic amines) is 1. The molecule has 2 aromatic carbocycles. The molecule has 3 heterocycles. The van der Waals surface area contributed by atoms with Gasteiger partial charge in [0, 0.05) is 23.3 Å². The van der Waals surface area contributed by atoms with Crippen LogP contribution in [0.1, 0.15) is 32.3 Å². The molecule has 192 valence electrons. The van der Waals surface area contributed by atoms with E-state index in [4.69, 9.17) is 14.5 Å². The lowest BCUT2D eigenvalue weighted by Crippen LogP contribution is -2.25. The van der Waals surface area contributed by atoms with E-state index in [0.717, 1.165) is 52.0 Å². The van der Waals surface area contributed by atoms with E-state index in [2.05, 4.69) is 39.5 Å². The SMILES string of the molecule is Cc1cnc(Nc2ccc(OCCN3CCCC3)cc2)nc1-c1ccc(-c2cccc(OC(C)C)c2)s1. The molecule has 1 N–H and O–H groups in total. The molecule has 0 spiro atoms. The average Bonchev–Trinajstić information content (AvgIpc) is 3.59. The van der Waals surface area contributed by atoms with Crippen LogP contribution in [-0.2, 0) is 0 Å². The molecule has 5 rings (SSSR count). The highest BCUT2D eigenvalue weighted by atomic mass is 32.1.